The number of benzene rings is 1. The molecule has 1 fully saturated rings. The normalized spacial score (nSPS) is 15.9. The van der Waals surface area contributed by atoms with E-state index in [-0.39, 0.29) is 0 Å². The molecule has 1 aliphatic rings. The van der Waals surface area contributed by atoms with E-state index in [4.69, 9.17) is 4.98 Å². The van der Waals surface area contributed by atoms with Gasteiger partial charge in [0.25, 0.3) is 0 Å². The minimum absolute atomic E-state index is 0.892. The van der Waals surface area contributed by atoms with Crippen molar-refractivity contribution in [1.29, 1.82) is 0 Å². The molecular weight excluding hydrogens is 296 g/mol. The van der Waals surface area contributed by atoms with Crippen molar-refractivity contribution < 1.29 is 0 Å². The van der Waals surface area contributed by atoms with E-state index in [2.05, 4.69) is 70.2 Å². The Morgan fingerprint density at radius 2 is 1.88 bits per heavy atom. The second-order valence-electron chi connectivity index (χ2n) is 6.63. The molecule has 2 aromatic heterocycles. The van der Waals surface area contributed by atoms with Crippen molar-refractivity contribution in [3.63, 3.8) is 0 Å². The lowest BCUT2D eigenvalue weighted by Gasteiger charge is -2.27. The first-order valence-electron chi connectivity index (χ1n) is 8.73. The van der Waals surface area contributed by atoms with Gasteiger partial charge >= 0.3 is 0 Å². The SMILES string of the molecule is Cc1ccn2c(CN3CCNCC3)c(Cc3ccccc3)nc2c1. The second kappa shape index (κ2) is 6.75. The molecule has 0 radical (unpaired) electrons. The van der Waals surface area contributed by atoms with Crippen molar-refractivity contribution in [2.45, 2.75) is 19.9 Å². The number of piperazine rings is 1. The summed E-state index contributed by atoms with van der Waals surface area (Å²) in [4.78, 5) is 7.48. The number of pyridine rings is 1. The summed E-state index contributed by atoms with van der Waals surface area (Å²) in [7, 11) is 0. The van der Waals surface area contributed by atoms with E-state index in [1.165, 1.54) is 22.5 Å². The molecule has 124 valence electrons. The number of fused-ring (bicyclic) bond motifs is 1. The molecule has 1 aromatic carbocycles. The maximum Gasteiger partial charge on any atom is 0.137 e. The van der Waals surface area contributed by atoms with Gasteiger partial charge in [-0.3, -0.25) is 4.90 Å². The summed E-state index contributed by atoms with van der Waals surface area (Å²) in [5, 5.41) is 3.43. The molecule has 0 saturated carbocycles. The quantitative estimate of drug-likeness (QED) is 0.802. The third-order valence-corrected chi connectivity index (χ3v) is 4.76. The Bertz CT molecular complexity index is 816. The minimum atomic E-state index is 0.892. The van der Waals surface area contributed by atoms with Crippen molar-refractivity contribution in [2.75, 3.05) is 26.2 Å². The Morgan fingerprint density at radius 3 is 2.67 bits per heavy atom. The standard InChI is InChI=1S/C20H24N4/c1-16-7-10-24-19(15-23-11-8-21-9-12-23)18(22-20(24)13-16)14-17-5-3-2-4-6-17/h2-7,10,13,21H,8-9,11-12,14-15H2,1H3. The van der Waals surface area contributed by atoms with Gasteiger partial charge in [-0.05, 0) is 30.2 Å². The summed E-state index contributed by atoms with van der Waals surface area (Å²) in [6, 6.07) is 15.0. The molecule has 1 N–H and O–H groups in total. The summed E-state index contributed by atoms with van der Waals surface area (Å²) >= 11 is 0. The third kappa shape index (κ3) is 3.21. The zero-order valence-corrected chi connectivity index (χ0v) is 14.2. The van der Waals surface area contributed by atoms with Crippen LogP contribution in [0.1, 0.15) is 22.5 Å². The monoisotopic (exact) mass is 320 g/mol. The Balaban J connectivity index is 1.71. The Kier molecular flexibility index (Phi) is 4.32. The molecule has 1 aliphatic heterocycles. The summed E-state index contributed by atoms with van der Waals surface area (Å²) in [5.41, 5.74) is 6.17. The van der Waals surface area contributed by atoms with Crippen LogP contribution in [0, 0.1) is 6.92 Å². The van der Waals surface area contributed by atoms with Gasteiger partial charge in [-0.15, -0.1) is 0 Å². The highest BCUT2D eigenvalue weighted by Crippen LogP contribution is 2.19. The third-order valence-electron chi connectivity index (χ3n) is 4.76. The number of imidazole rings is 1. The molecule has 24 heavy (non-hydrogen) atoms. The summed E-state index contributed by atoms with van der Waals surface area (Å²) in [5.74, 6) is 0. The molecule has 0 spiro atoms. The molecule has 4 rings (SSSR count). The van der Waals surface area contributed by atoms with Gasteiger partial charge in [-0.25, -0.2) is 4.98 Å². The van der Waals surface area contributed by atoms with Gasteiger partial charge in [-0.2, -0.15) is 0 Å². The van der Waals surface area contributed by atoms with Gasteiger partial charge in [-0.1, -0.05) is 30.3 Å². The Hall–Kier alpha value is -2.17. The summed E-state index contributed by atoms with van der Waals surface area (Å²) in [6.45, 7) is 7.44. The highest BCUT2D eigenvalue weighted by atomic mass is 15.2. The second-order valence-corrected chi connectivity index (χ2v) is 6.63. The summed E-state index contributed by atoms with van der Waals surface area (Å²) < 4.78 is 2.27. The fraction of sp³-hybridized carbons (Fsp3) is 0.350. The van der Waals surface area contributed by atoms with E-state index in [0.29, 0.717) is 0 Å². The zero-order valence-electron chi connectivity index (χ0n) is 14.2. The predicted octanol–water partition coefficient (Wildman–Crippen LogP) is 2.64. The first kappa shape index (κ1) is 15.4. The first-order valence-corrected chi connectivity index (χ1v) is 8.73. The fourth-order valence-electron chi connectivity index (χ4n) is 3.43. The number of hydrogen-bond donors (Lipinski definition) is 1. The van der Waals surface area contributed by atoms with E-state index in [0.717, 1.165) is 44.8 Å². The maximum absolute atomic E-state index is 4.95. The average Bonchev–Trinajstić information content (AvgIpc) is 2.93. The molecule has 1 saturated heterocycles. The van der Waals surface area contributed by atoms with Crippen LogP contribution in [0.25, 0.3) is 5.65 Å². The number of aryl methyl sites for hydroxylation is 1. The lowest BCUT2D eigenvalue weighted by Crippen LogP contribution is -2.43. The lowest BCUT2D eigenvalue weighted by molar-refractivity contribution is 0.229. The van der Waals surface area contributed by atoms with Crippen LogP contribution < -0.4 is 5.32 Å². The van der Waals surface area contributed by atoms with Crippen LogP contribution in [-0.2, 0) is 13.0 Å². The molecule has 4 heteroatoms. The molecule has 0 unspecified atom stereocenters. The number of aromatic nitrogens is 2. The van der Waals surface area contributed by atoms with E-state index in [1.807, 2.05) is 0 Å². The number of nitrogens with one attached hydrogen (secondary N) is 1. The van der Waals surface area contributed by atoms with E-state index in [9.17, 15) is 0 Å². The molecule has 4 nitrogen and oxygen atoms in total. The van der Waals surface area contributed by atoms with Gasteiger partial charge in [0.2, 0.25) is 0 Å². The fourth-order valence-corrected chi connectivity index (χ4v) is 3.43. The lowest BCUT2D eigenvalue weighted by atomic mass is 10.1. The van der Waals surface area contributed by atoms with Crippen LogP contribution in [0.2, 0.25) is 0 Å². The number of nitrogens with zero attached hydrogens (tertiary/aromatic N) is 3. The minimum Gasteiger partial charge on any atom is -0.314 e. The Labute approximate surface area is 143 Å². The zero-order chi connectivity index (χ0) is 16.4. The van der Waals surface area contributed by atoms with E-state index >= 15 is 0 Å². The van der Waals surface area contributed by atoms with Crippen molar-refractivity contribution >= 4 is 5.65 Å². The summed E-state index contributed by atoms with van der Waals surface area (Å²) in [6.07, 6.45) is 3.06. The molecule has 3 aromatic rings. The van der Waals surface area contributed by atoms with Crippen molar-refractivity contribution in [2.24, 2.45) is 0 Å². The average molecular weight is 320 g/mol. The number of rotatable bonds is 4. The molecule has 3 heterocycles. The van der Waals surface area contributed by atoms with Crippen LogP contribution in [0.15, 0.2) is 48.7 Å². The molecular formula is C20H24N4. The molecule has 0 amide bonds. The van der Waals surface area contributed by atoms with E-state index < -0.39 is 0 Å². The predicted molar refractivity (Wildman–Crippen MR) is 97.3 cm³/mol. The van der Waals surface area contributed by atoms with Crippen LogP contribution in [0.4, 0.5) is 0 Å². The first-order chi connectivity index (χ1) is 11.8. The molecule has 0 atom stereocenters. The van der Waals surface area contributed by atoms with E-state index in [1.54, 1.807) is 0 Å². The van der Waals surface area contributed by atoms with Gasteiger partial charge in [0.05, 0.1) is 11.4 Å². The van der Waals surface area contributed by atoms with Gasteiger partial charge in [0.15, 0.2) is 0 Å². The topological polar surface area (TPSA) is 32.6 Å². The van der Waals surface area contributed by atoms with Crippen LogP contribution >= 0.6 is 0 Å². The van der Waals surface area contributed by atoms with Gasteiger partial charge < -0.3 is 9.72 Å². The van der Waals surface area contributed by atoms with Crippen molar-refractivity contribution in [1.82, 2.24) is 19.6 Å². The Morgan fingerprint density at radius 1 is 1.08 bits per heavy atom. The number of hydrogen-bond acceptors (Lipinski definition) is 3. The molecule has 0 bridgehead atoms. The smallest absolute Gasteiger partial charge is 0.137 e. The van der Waals surface area contributed by atoms with Gasteiger partial charge in [0, 0.05) is 45.3 Å². The maximum atomic E-state index is 4.95. The van der Waals surface area contributed by atoms with Crippen molar-refractivity contribution in [3.05, 3.63) is 71.2 Å². The van der Waals surface area contributed by atoms with Gasteiger partial charge in [0.1, 0.15) is 5.65 Å². The van der Waals surface area contributed by atoms with Crippen LogP contribution in [0.3, 0.4) is 0 Å². The van der Waals surface area contributed by atoms with Crippen LogP contribution in [0.5, 0.6) is 0 Å². The van der Waals surface area contributed by atoms with Crippen LogP contribution in [-0.4, -0.2) is 40.5 Å². The molecule has 0 aliphatic carbocycles. The largest absolute Gasteiger partial charge is 0.314 e. The highest BCUT2D eigenvalue weighted by Gasteiger charge is 2.17. The highest BCUT2D eigenvalue weighted by molar-refractivity contribution is 5.46. The van der Waals surface area contributed by atoms with Crippen molar-refractivity contribution in [3.8, 4) is 0 Å².